The predicted octanol–water partition coefficient (Wildman–Crippen LogP) is 2.05. The Balaban J connectivity index is 2.38. The van der Waals surface area contributed by atoms with Gasteiger partial charge in [-0.15, -0.1) is 11.3 Å². The highest BCUT2D eigenvalue weighted by Gasteiger charge is 2.08. The molecular formula is C8H5Cl2N3OS. The van der Waals surface area contributed by atoms with E-state index in [0.29, 0.717) is 6.54 Å². The number of hydrogen-bond acceptors (Lipinski definition) is 4. The van der Waals surface area contributed by atoms with Crippen molar-refractivity contribution in [2.75, 3.05) is 0 Å². The molecule has 0 saturated heterocycles. The lowest BCUT2D eigenvalue weighted by Gasteiger charge is -2.02. The molecule has 0 fully saturated rings. The second-order valence-corrected chi connectivity index (χ2v) is 4.25. The zero-order valence-corrected chi connectivity index (χ0v) is 9.68. The molecule has 0 aliphatic rings. The van der Waals surface area contributed by atoms with Crippen LogP contribution in [0, 0.1) is 0 Å². The molecule has 2 rings (SSSR count). The first-order valence-electron chi connectivity index (χ1n) is 3.96. The molecule has 0 N–H and O–H groups in total. The molecule has 0 unspecified atom stereocenters. The molecule has 2 heterocycles. The van der Waals surface area contributed by atoms with Crippen molar-refractivity contribution in [3.8, 4) is 0 Å². The fourth-order valence-electron chi connectivity index (χ4n) is 1.03. The van der Waals surface area contributed by atoms with Crippen molar-refractivity contribution in [1.82, 2.24) is 14.8 Å². The van der Waals surface area contributed by atoms with E-state index in [0.717, 1.165) is 5.69 Å². The Morgan fingerprint density at radius 1 is 1.47 bits per heavy atom. The van der Waals surface area contributed by atoms with Crippen molar-refractivity contribution >= 4 is 34.5 Å². The first-order chi connectivity index (χ1) is 7.18. The minimum absolute atomic E-state index is 0.0121. The summed E-state index contributed by atoms with van der Waals surface area (Å²) in [5, 5.41) is 5.86. The van der Waals surface area contributed by atoms with Gasteiger partial charge in [-0.05, 0) is 0 Å². The second-order valence-electron chi connectivity index (χ2n) is 2.75. The monoisotopic (exact) mass is 261 g/mol. The molecule has 0 aromatic carbocycles. The van der Waals surface area contributed by atoms with Crippen molar-refractivity contribution in [2.45, 2.75) is 6.54 Å². The summed E-state index contributed by atoms with van der Waals surface area (Å²) in [6.07, 6.45) is 1.34. The fourth-order valence-corrected chi connectivity index (χ4v) is 1.85. The summed E-state index contributed by atoms with van der Waals surface area (Å²) < 4.78 is 1.23. The highest BCUT2D eigenvalue weighted by Crippen LogP contribution is 2.14. The van der Waals surface area contributed by atoms with Gasteiger partial charge in [-0.3, -0.25) is 4.79 Å². The summed E-state index contributed by atoms with van der Waals surface area (Å²) in [4.78, 5) is 15.6. The zero-order valence-electron chi connectivity index (χ0n) is 7.35. The quantitative estimate of drug-likeness (QED) is 0.832. The summed E-state index contributed by atoms with van der Waals surface area (Å²) >= 11 is 12.8. The number of rotatable bonds is 2. The number of hydrogen-bond donors (Lipinski definition) is 0. The first kappa shape index (κ1) is 10.6. The third-order valence-corrected chi connectivity index (χ3v) is 3.12. The molecule has 0 saturated carbocycles. The van der Waals surface area contributed by atoms with Crippen LogP contribution in [0.25, 0.3) is 0 Å². The predicted molar refractivity (Wildman–Crippen MR) is 59.7 cm³/mol. The molecule has 15 heavy (non-hydrogen) atoms. The highest BCUT2D eigenvalue weighted by molar-refractivity contribution is 7.07. The molecule has 0 amide bonds. The van der Waals surface area contributed by atoms with E-state index in [1.54, 1.807) is 5.51 Å². The molecular weight excluding hydrogens is 257 g/mol. The Hall–Kier alpha value is -0.910. The molecule has 7 heteroatoms. The highest BCUT2D eigenvalue weighted by atomic mass is 35.5. The van der Waals surface area contributed by atoms with Gasteiger partial charge in [0.15, 0.2) is 0 Å². The Labute approximate surface area is 99.1 Å². The van der Waals surface area contributed by atoms with E-state index in [1.807, 2.05) is 5.38 Å². The van der Waals surface area contributed by atoms with Gasteiger partial charge in [0.25, 0.3) is 5.56 Å². The zero-order chi connectivity index (χ0) is 10.8. The minimum atomic E-state index is -0.405. The largest absolute Gasteiger partial charge is 0.287 e. The Bertz CT molecular complexity index is 523. The lowest BCUT2D eigenvalue weighted by molar-refractivity contribution is 0.630. The van der Waals surface area contributed by atoms with Crippen LogP contribution in [-0.2, 0) is 6.54 Å². The van der Waals surface area contributed by atoms with E-state index >= 15 is 0 Å². The molecule has 2 aromatic heterocycles. The lowest BCUT2D eigenvalue weighted by Crippen LogP contribution is -2.23. The van der Waals surface area contributed by atoms with Crippen LogP contribution < -0.4 is 5.56 Å². The van der Waals surface area contributed by atoms with Crippen molar-refractivity contribution in [3.63, 3.8) is 0 Å². The molecule has 0 bridgehead atoms. The number of aromatic nitrogens is 3. The SMILES string of the molecule is O=c1c(Cl)c(Cl)cnn1Cc1cscn1. The molecule has 0 aliphatic heterocycles. The summed E-state index contributed by atoms with van der Waals surface area (Å²) in [7, 11) is 0. The van der Waals surface area contributed by atoms with Gasteiger partial charge >= 0.3 is 0 Å². The molecule has 0 spiro atoms. The number of nitrogens with zero attached hydrogens (tertiary/aromatic N) is 3. The smallest absolute Gasteiger partial charge is 0.266 e. The number of thiazole rings is 1. The van der Waals surface area contributed by atoms with Crippen LogP contribution in [0.2, 0.25) is 10.0 Å². The van der Waals surface area contributed by atoms with Crippen molar-refractivity contribution in [1.29, 1.82) is 0 Å². The third kappa shape index (κ3) is 2.19. The van der Waals surface area contributed by atoms with Crippen LogP contribution >= 0.6 is 34.5 Å². The first-order valence-corrected chi connectivity index (χ1v) is 5.66. The molecule has 0 aliphatic carbocycles. The van der Waals surface area contributed by atoms with E-state index < -0.39 is 5.56 Å². The van der Waals surface area contributed by atoms with E-state index in [4.69, 9.17) is 23.2 Å². The van der Waals surface area contributed by atoms with Gasteiger partial charge in [-0.25, -0.2) is 9.67 Å². The summed E-state index contributed by atoms with van der Waals surface area (Å²) in [5.41, 5.74) is 2.06. The van der Waals surface area contributed by atoms with Gasteiger partial charge in [0.05, 0.1) is 29.0 Å². The van der Waals surface area contributed by atoms with Crippen LogP contribution in [-0.4, -0.2) is 14.8 Å². The molecule has 0 radical (unpaired) electrons. The molecule has 0 atom stereocenters. The fraction of sp³-hybridized carbons (Fsp3) is 0.125. The average molecular weight is 262 g/mol. The Morgan fingerprint density at radius 3 is 2.93 bits per heavy atom. The maximum atomic E-state index is 11.6. The number of halogens is 2. The molecule has 78 valence electrons. The standard InChI is InChI=1S/C8H5Cl2N3OS/c9-6-1-12-13(8(14)7(6)10)2-5-3-15-4-11-5/h1,3-4H,2H2. The van der Waals surface area contributed by atoms with Gasteiger partial charge in [0.2, 0.25) is 0 Å². The van der Waals surface area contributed by atoms with E-state index in [-0.39, 0.29) is 10.0 Å². The summed E-state index contributed by atoms with van der Waals surface area (Å²) in [5.74, 6) is 0. The lowest BCUT2D eigenvalue weighted by atomic mass is 10.5. The van der Waals surface area contributed by atoms with Gasteiger partial charge < -0.3 is 0 Å². The van der Waals surface area contributed by atoms with Crippen LogP contribution in [0.15, 0.2) is 21.9 Å². The van der Waals surface area contributed by atoms with Gasteiger partial charge in [-0.1, -0.05) is 23.2 Å². The van der Waals surface area contributed by atoms with Gasteiger partial charge in [-0.2, -0.15) is 5.10 Å². The van der Waals surface area contributed by atoms with Crippen LogP contribution in [0.1, 0.15) is 5.69 Å². The second kappa shape index (κ2) is 4.30. The Morgan fingerprint density at radius 2 is 2.27 bits per heavy atom. The van der Waals surface area contributed by atoms with Crippen molar-refractivity contribution in [2.24, 2.45) is 0 Å². The van der Waals surface area contributed by atoms with Crippen LogP contribution in [0.3, 0.4) is 0 Å². The van der Waals surface area contributed by atoms with E-state index in [9.17, 15) is 4.79 Å². The van der Waals surface area contributed by atoms with Crippen LogP contribution in [0.5, 0.6) is 0 Å². The van der Waals surface area contributed by atoms with Crippen molar-refractivity contribution in [3.05, 3.63) is 43.2 Å². The third-order valence-electron chi connectivity index (χ3n) is 1.74. The maximum Gasteiger partial charge on any atom is 0.287 e. The molecule has 4 nitrogen and oxygen atoms in total. The van der Waals surface area contributed by atoms with Crippen LogP contribution in [0.4, 0.5) is 0 Å². The van der Waals surface area contributed by atoms with E-state index in [2.05, 4.69) is 10.1 Å². The maximum absolute atomic E-state index is 11.6. The van der Waals surface area contributed by atoms with E-state index in [1.165, 1.54) is 22.2 Å². The van der Waals surface area contributed by atoms with Crippen molar-refractivity contribution < 1.29 is 0 Å². The van der Waals surface area contributed by atoms with Gasteiger partial charge in [0.1, 0.15) is 5.02 Å². The van der Waals surface area contributed by atoms with Gasteiger partial charge in [0, 0.05) is 5.38 Å². The summed E-state index contributed by atoms with van der Waals surface area (Å²) in [6.45, 7) is 0.305. The topological polar surface area (TPSA) is 47.8 Å². The Kier molecular flexibility index (Phi) is 3.04. The normalized spacial score (nSPS) is 10.5. The summed E-state index contributed by atoms with van der Waals surface area (Å²) in [6, 6.07) is 0. The average Bonchev–Trinajstić information content (AvgIpc) is 2.72. The minimum Gasteiger partial charge on any atom is -0.266 e. The molecule has 2 aromatic rings.